The molecule has 1 aliphatic carbocycles. The smallest absolute Gasteiger partial charge is 0.137 e. The van der Waals surface area contributed by atoms with E-state index in [4.69, 9.17) is 0 Å². The molecule has 4 nitrogen and oxygen atoms in total. The van der Waals surface area contributed by atoms with Crippen LogP contribution in [-0.2, 0) is 12.1 Å². The van der Waals surface area contributed by atoms with Crippen LogP contribution in [0, 0.1) is 11.8 Å². The first-order valence-electron chi connectivity index (χ1n) is 10.3. The van der Waals surface area contributed by atoms with Gasteiger partial charge in [0, 0.05) is 0 Å². The highest BCUT2D eigenvalue weighted by molar-refractivity contribution is 5.96. The van der Waals surface area contributed by atoms with Gasteiger partial charge in [0.15, 0.2) is 0 Å². The van der Waals surface area contributed by atoms with E-state index in [-0.39, 0.29) is 5.92 Å². The third-order valence-electron chi connectivity index (χ3n) is 6.44. The molecule has 2 unspecified atom stereocenters. The maximum Gasteiger partial charge on any atom is 0.137 e. The molecule has 1 aliphatic rings. The van der Waals surface area contributed by atoms with Crippen molar-refractivity contribution < 1.29 is 5.11 Å². The van der Waals surface area contributed by atoms with Crippen molar-refractivity contribution in [1.29, 1.82) is 0 Å². The Hall–Kier alpha value is -2.98. The van der Waals surface area contributed by atoms with Crippen LogP contribution in [0.2, 0.25) is 0 Å². The highest BCUT2D eigenvalue weighted by Crippen LogP contribution is 2.46. The fourth-order valence-corrected chi connectivity index (χ4v) is 4.46. The Bertz CT molecular complexity index is 1110. The fraction of sp³-hybridized carbons (Fsp3) is 0.280. The molecule has 1 fully saturated rings. The molecule has 4 aromatic rings. The topological polar surface area (TPSA) is 50.9 Å². The van der Waals surface area contributed by atoms with Gasteiger partial charge in [-0.2, -0.15) is 5.10 Å². The van der Waals surface area contributed by atoms with Crippen molar-refractivity contribution >= 4 is 10.8 Å². The number of rotatable bonds is 6. The van der Waals surface area contributed by atoms with Gasteiger partial charge in [0.25, 0.3) is 0 Å². The zero-order valence-corrected chi connectivity index (χ0v) is 16.6. The second kappa shape index (κ2) is 7.12. The molecule has 5 rings (SSSR count). The van der Waals surface area contributed by atoms with E-state index in [1.165, 1.54) is 35.5 Å². The summed E-state index contributed by atoms with van der Waals surface area (Å²) < 4.78 is 1.73. The summed E-state index contributed by atoms with van der Waals surface area (Å²) in [6.45, 7) is 2.57. The van der Waals surface area contributed by atoms with Gasteiger partial charge in [-0.05, 0) is 52.1 Å². The molecule has 2 atom stereocenters. The van der Waals surface area contributed by atoms with E-state index in [0.29, 0.717) is 12.5 Å². The van der Waals surface area contributed by atoms with E-state index in [2.05, 4.69) is 83.7 Å². The molecule has 1 aromatic heterocycles. The summed E-state index contributed by atoms with van der Waals surface area (Å²) in [6.07, 6.45) is 5.57. The minimum Gasteiger partial charge on any atom is -0.383 e. The Labute approximate surface area is 170 Å². The minimum atomic E-state index is -0.966. The van der Waals surface area contributed by atoms with Crippen molar-refractivity contribution in [3.63, 3.8) is 0 Å². The predicted molar refractivity (Wildman–Crippen MR) is 115 cm³/mol. The van der Waals surface area contributed by atoms with Crippen LogP contribution in [0.5, 0.6) is 0 Å². The van der Waals surface area contributed by atoms with E-state index in [1.54, 1.807) is 11.0 Å². The van der Waals surface area contributed by atoms with E-state index >= 15 is 0 Å². The number of fused-ring (bicyclic) bond motifs is 1. The zero-order chi connectivity index (χ0) is 19.8. The first-order chi connectivity index (χ1) is 14.1. The SMILES string of the molecule is CC(C1CC1)C(O)(Cn1cncn1)c1ccc(-c2cccc3ccccc23)cc1. The largest absolute Gasteiger partial charge is 0.383 e. The molecule has 146 valence electrons. The average Bonchev–Trinajstić information content (AvgIpc) is 3.49. The Morgan fingerprint density at radius 1 is 1.03 bits per heavy atom. The van der Waals surface area contributed by atoms with Crippen molar-refractivity contribution in [2.45, 2.75) is 31.9 Å². The first kappa shape index (κ1) is 18.1. The van der Waals surface area contributed by atoms with Crippen LogP contribution in [0.25, 0.3) is 21.9 Å². The lowest BCUT2D eigenvalue weighted by molar-refractivity contribution is -0.0442. The Morgan fingerprint density at radius 2 is 1.79 bits per heavy atom. The lowest BCUT2D eigenvalue weighted by atomic mass is 9.79. The van der Waals surface area contributed by atoms with Crippen molar-refractivity contribution in [1.82, 2.24) is 14.8 Å². The summed E-state index contributed by atoms with van der Waals surface area (Å²) in [6, 6.07) is 23.3. The van der Waals surface area contributed by atoms with E-state index in [0.717, 1.165) is 11.1 Å². The quantitative estimate of drug-likeness (QED) is 0.508. The lowest BCUT2D eigenvalue weighted by Crippen LogP contribution is -2.39. The molecule has 0 radical (unpaired) electrons. The van der Waals surface area contributed by atoms with Gasteiger partial charge in [-0.3, -0.25) is 0 Å². The van der Waals surface area contributed by atoms with Crippen LogP contribution in [-0.4, -0.2) is 19.9 Å². The Balaban J connectivity index is 1.53. The van der Waals surface area contributed by atoms with Gasteiger partial charge in [-0.15, -0.1) is 0 Å². The number of nitrogens with zero attached hydrogens (tertiary/aromatic N) is 3. The van der Waals surface area contributed by atoms with Crippen LogP contribution in [0.1, 0.15) is 25.3 Å². The molecule has 4 heteroatoms. The first-order valence-corrected chi connectivity index (χ1v) is 10.3. The van der Waals surface area contributed by atoms with Gasteiger partial charge >= 0.3 is 0 Å². The average molecular weight is 383 g/mol. The highest BCUT2D eigenvalue weighted by Gasteiger charge is 2.44. The van der Waals surface area contributed by atoms with Crippen LogP contribution >= 0.6 is 0 Å². The summed E-state index contributed by atoms with van der Waals surface area (Å²) in [4.78, 5) is 4.04. The lowest BCUT2D eigenvalue weighted by Gasteiger charge is -2.35. The molecule has 0 spiro atoms. The van der Waals surface area contributed by atoms with Crippen molar-refractivity contribution in [2.24, 2.45) is 11.8 Å². The summed E-state index contributed by atoms with van der Waals surface area (Å²) >= 11 is 0. The van der Waals surface area contributed by atoms with Gasteiger partial charge < -0.3 is 5.11 Å². The van der Waals surface area contributed by atoms with E-state index in [1.807, 2.05) is 0 Å². The highest BCUT2D eigenvalue weighted by atomic mass is 16.3. The van der Waals surface area contributed by atoms with Gasteiger partial charge in [-0.25, -0.2) is 9.67 Å². The second-order valence-electron chi connectivity index (χ2n) is 8.25. The second-order valence-corrected chi connectivity index (χ2v) is 8.25. The monoisotopic (exact) mass is 383 g/mol. The molecule has 0 bridgehead atoms. The molecule has 1 heterocycles. The Morgan fingerprint density at radius 3 is 2.52 bits per heavy atom. The van der Waals surface area contributed by atoms with Gasteiger partial charge in [0.2, 0.25) is 0 Å². The molecule has 0 saturated heterocycles. The van der Waals surface area contributed by atoms with E-state index < -0.39 is 5.60 Å². The van der Waals surface area contributed by atoms with E-state index in [9.17, 15) is 5.11 Å². The number of aliphatic hydroxyl groups is 1. The third kappa shape index (κ3) is 3.34. The third-order valence-corrected chi connectivity index (χ3v) is 6.44. The number of hydrogen-bond donors (Lipinski definition) is 1. The molecule has 3 aromatic carbocycles. The molecule has 1 N–H and O–H groups in total. The van der Waals surface area contributed by atoms with Crippen molar-refractivity contribution in [3.05, 3.63) is 84.9 Å². The predicted octanol–water partition coefficient (Wildman–Crippen LogP) is 5.03. The number of benzene rings is 3. The molecular weight excluding hydrogens is 358 g/mol. The van der Waals surface area contributed by atoms with Crippen molar-refractivity contribution in [2.75, 3.05) is 0 Å². The summed E-state index contributed by atoms with van der Waals surface area (Å²) in [5.74, 6) is 0.733. The summed E-state index contributed by atoms with van der Waals surface area (Å²) in [5.41, 5.74) is 2.35. The standard InChI is InChI=1S/C25H25N3O/c1-18(19-9-10-19)25(29,15-28-17-26-16-27-28)22-13-11-21(12-14-22)24-8-4-6-20-5-2-3-7-23(20)24/h2-8,11-14,16-19,29H,9-10,15H2,1H3. The normalized spacial score (nSPS) is 17.2. The molecule has 0 amide bonds. The minimum absolute atomic E-state index is 0.162. The van der Waals surface area contributed by atoms with Crippen LogP contribution in [0.3, 0.4) is 0 Å². The fourth-order valence-electron chi connectivity index (χ4n) is 4.46. The Kier molecular flexibility index (Phi) is 4.44. The van der Waals surface area contributed by atoms with Crippen LogP contribution in [0.15, 0.2) is 79.4 Å². The van der Waals surface area contributed by atoms with Gasteiger partial charge in [0.05, 0.1) is 6.54 Å². The maximum atomic E-state index is 11.8. The summed E-state index contributed by atoms with van der Waals surface area (Å²) in [5, 5.41) is 18.5. The summed E-state index contributed by atoms with van der Waals surface area (Å²) in [7, 11) is 0. The maximum absolute atomic E-state index is 11.8. The van der Waals surface area contributed by atoms with Gasteiger partial charge in [-0.1, -0.05) is 73.7 Å². The molecule has 1 saturated carbocycles. The molecular formula is C25H25N3O. The molecule has 0 aliphatic heterocycles. The number of aromatic nitrogens is 3. The zero-order valence-electron chi connectivity index (χ0n) is 16.6. The van der Waals surface area contributed by atoms with Crippen molar-refractivity contribution in [3.8, 4) is 11.1 Å². The van der Waals surface area contributed by atoms with Gasteiger partial charge in [0.1, 0.15) is 18.3 Å². The number of hydrogen-bond acceptors (Lipinski definition) is 3. The van der Waals surface area contributed by atoms with Crippen LogP contribution in [0.4, 0.5) is 0 Å². The van der Waals surface area contributed by atoms with Crippen LogP contribution < -0.4 is 0 Å². The molecule has 29 heavy (non-hydrogen) atoms.